The number of nitrogens with zero attached hydrogens (tertiary/aromatic N) is 5. The maximum absolute atomic E-state index is 13.0. The minimum absolute atomic E-state index is 0.299. The third-order valence-corrected chi connectivity index (χ3v) is 5.27. The summed E-state index contributed by atoms with van der Waals surface area (Å²) in [6, 6.07) is 15.4. The standard InChI is InChI=1S/C23H24N6O3/c1-15-6-5-7-17(12-15)14-29-19-20(27(2)23(31)28(3)21(19)30)25-22(29)26-24-13-16-8-10-18(32-4)11-9-16/h5-13H,14H2,1-4H3,(H,25,26)/b24-13-. The van der Waals surface area contributed by atoms with Crippen molar-refractivity contribution >= 4 is 23.3 Å². The molecule has 1 N–H and O–H groups in total. The fourth-order valence-electron chi connectivity index (χ4n) is 3.53. The second-order valence-electron chi connectivity index (χ2n) is 7.53. The Hall–Kier alpha value is -4.14. The predicted octanol–water partition coefficient (Wildman–Crippen LogP) is 2.25. The van der Waals surface area contributed by atoms with E-state index in [0.717, 1.165) is 27.0 Å². The summed E-state index contributed by atoms with van der Waals surface area (Å²) in [7, 11) is 4.67. The molecule has 0 unspecified atom stereocenters. The molecular formula is C23H24N6O3. The van der Waals surface area contributed by atoms with E-state index in [9.17, 15) is 9.59 Å². The van der Waals surface area contributed by atoms with Crippen molar-refractivity contribution in [2.24, 2.45) is 19.2 Å². The number of nitrogens with one attached hydrogen (secondary N) is 1. The molecule has 2 heterocycles. The number of benzene rings is 2. The van der Waals surface area contributed by atoms with Crippen LogP contribution in [0.4, 0.5) is 5.95 Å². The molecule has 4 aromatic rings. The Balaban J connectivity index is 1.78. The van der Waals surface area contributed by atoms with Crippen LogP contribution in [0.1, 0.15) is 16.7 Å². The molecule has 0 aliphatic carbocycles. The summed E-state index contributed by atoms with van der Waals surface area (Å²) < 4.78 is 9.36. The lowest BCUT2D eigenvalue weighted by Gasteiger charge is -2.10. The molecule has 9 nitrogen and oxygen atoms in total. The Kier molecular flexibility index (Phi) is 5.63. The highest BCUT2D eigenvalue weighted by Gasteiger charge is 2.19. The minimum atomic E-state index is -0.434. The van der Waals surface area contributed by atoms with E-state index >= 15 is 0 Å². The van der Waals surface area contributed by atoms with Crippen molar-refractivity contribution in [1.82, 2.24) is 18.7 Å². The number of hydrogen-bond donors (Lipinski definition) is 1. The third kappa shape index (κ3) is 3.92. The van der Waals surface area contributed by atoms with Crippen molar-refractivity contribution in [3.05, 3.63) is 86.1 Å². The van der Waals surface area contributed by atoms with Crippen LogP contribution in [0.3, 0.4) is 0 Å². The first-order valence-electron chi connectivity index (χ1n) is 10.0. The zero-order valence-electron chi connectivity index (χ0n) is 18.4. The lowest BCUT2D eigenvalue weighted by atomic mass is 10.1. The van der Waals surface area contributed by atoms with Gasteiger partial charge in [-0.05, 0) is 42.3 Å². The first kappa shape index (κ1) is 21.1. The van der Waals surface area contributed by atoms with E-state index in [2.05, 4.69) is 15.5 Å². The van der Waals surface area contributed by atoms with Gasteiger partial charge in [-0.25, -0.2) is 10.2 Å². The summed E-state index contributed by atoms with van der Waals surface area (Å²) in [5, 5.41) is 4.29. The Morgan fingerprint density at radius 2 is 1.84 bits per heavy atom. The molecule has 0 radical (unpaired) electrons. The van der Waals surface area contributed by atoms with Crippen LogP contribution in [0, 0.1) is 6.92 Å². The molecule has 0 fully saturated rings. The van der Waals surface area contributed by atoms with Gasteiger partial charge in [0.1, 0.15) is 5.75 Å². The molecule has 2 aromatic carbocycles. The molecule has 0 spiro atoms. The Morgan fingerprint density at radius 3 is 2.53 bits per heavy atom. The lowest BCUT2D eigenvalue weighted by molar-refractivity contribution is 0.415. The van der Waals surface area contributed by atoms with Gasteiger partial charge in [0.25, 0.3) is 5.56 Å². The van der Waals surface area contributed by atoms with Gasteiger partial charge in [0.05, 0.1) is 19.9 Å². The fraction of sp³-hybridized carbons (Fsp3) is 0.217. The van der Waals surface area contributed by atoms with Crippen LogP contribution >= 0.6 is 0 Å². The smallest absolute Gasteiger partial charge is 0.332 e. The fourth-order valence-corrected chi connectivity index (χ4v) is 3.53. The van der Waals surface area contributed by atoms with Gasteiger partial charge < -0.3 is 4.74 Å². The van der Waals surface area contributed by atoms with Crippen molar-refractivity contribution in [3.8, 4) is 5.75 Å². The van der Waals surface area contributed by atoms with Crippen molar-refractivity contribution in [2.75, 3.05) is 12.5 Å². The number of imidazole rings is 1. The largest absolute Gasteiger partial charge is 0.497 e. The van der Waals surface area contributed by atoms with Crippen LogP contribution in [0.5, 0.6) is 5.75 Å². The van der Waals surface area contributed by atoms with Crippen LogP contribution in [-0.2, 0) is 20.6 Å². The van der Waals surface area contributed by atoms with E-state index in [1.165, 1.54) is 11.6 Å². The number of rotatable bonds is 6. The number of fused-ring (bicyclic) bond motifs is 1. The topological polar surface area (TPSA) is 95.4 Å². The second-order valence-corrected chi connectivity index (χ2v) is 7.53. The van der Waals surface area contributed by atoms with E-state index in [0.29, 0.717) is 23.7 Å². The average Bonchev–Trinajstić information content (AvgIpc) is 3.15. The summed E-state index contributed by atoms with van der Waals surface area (Å²) in [4.78, 5) is 29.9. The maximum atomic E-state index is 13.0. The van der Waals surface area contributed by atoms with Crippen molar-refractivity contribution in [2.45, 2.75) is 13.5 Å². The first-order chi connectivity index (χ1) is 15.4. The van der Waals surface area contributed by atoms with Crippen molar-refractivity contribution in [1.29, 1.82) is 0 Å². The number of ether oxygens (including phenoxy) is 1. The molecule has 0 aliphatic rings. The summed E-state index contributed by atoms with van der Waals surface area (Å²) in [5.74, 6) is 1.12. The molecule has 32 heavy (non-hydrogen) atoms. The molecule has 0 amide bonds. The number of hydrazone groups is 1. The van der Waals surface area contributed by atoms with E-state index < -0.39 is 11.2 Å². The molecule has 0 saturated carbocycles. The van der Waals surface area contributed by atoms with Crippen molar-refractivity contribution in [3.63, 3.8) is 0 Å². The van der Waals surface area contributed by atoms with Crippen LogP contribution in [-0.4, -0.2) is 32.0 Å². The van der Waals surface area contributed by atoms with Gasteiger partial charge in [-0.15, -0.1) is 0 Å². The zero-order chi connectivity index (χ0) is 22.8. The second kappa shape index (κ2) is 8.54. The number of aromatic nitrogens is 4. The average molecular weight is 432 g/mol. The highest BCUT2D eigenvalue weighted by atomic mass is 16.5. The third-order valence-electron chi connectivity index (χ3n) is 5.27. The maximum Gasteiger partial charge on any atom is 0.332 e. The molecule has 2 aromatic heterocycles. The number of hydrogen-bond acceptors (Lipinski definition) is 6. The Morgan fingerprint density at radius 1 is 1.09 bits per heavy atom. The van der Waals surface area contributed by atoms with E-state index in [1.54, 1.807) is 24.9 Å². The summed E-state index contributed by atoms with van der Waals surface area (Å²) >= 11 is 0. The number of methoxy groups -OCH3 is 1. The number of anilines is 1. The highest BCUT2D eigenvalue weighted by molar-refractivity contribution is 5.80. The minimum Gasteiger partial charge on any atom is -0.497 e. The lowest BCUT2D eigenvalue weighted by Crippen LogP contribution is -2.37. The predicted molar refractivity (Wildman–Crippen MR) is 125 cm³/mol. The monoisotopic (exact) mass is 432 g/mol. The van der Waals surface area contributed by atoms with Gasteiger partial charge in [-0.2, -0.15) is 10.1 Å². The van der Waals surface area contributed by atoms with Gasteiger partial charge in [0.2, 0.25) is 5.95 Å². The van der Waals surface area contributed by atoms with Gasteiger partial charge in [0, 0.05) is 14.1 Å². The normalized spacial score (nSPS) is 11.4. The molecule has 0 atom stereocenters. The van der Waals surface area contributed by atoms with Crippen LogP contribution < -0.4 is 21.4 Å². The summed E-state index contributed by atoms with van der Waals surface area (Å²) in [6.07, 6.45) is 1.65. The summed E-state index contributed by atoms with van der Waals surface area (Å²) in [6.45, 7) is 2.41. The van der Waals surface area contributed by atoms with Gasteiger partial charge in [0.15, 0.2) is 11.2 Å². The summed E-state index contributed by atoms with van der Waals surface area (Å²) in [5.41, 5.74) is 5.70. The quantitative estimate of drug-likeness (QED) is 0.372. The Bertz CT molecular complexity index is 1430. The van der Waals surface area contributed by atoms with Gasteiger partial charge in [-0.3, -0.25) is 18.5 Å². The molecule has 0 bridgehead atoms. The van der Waals surface area contributed by atoms with Gasteiger partial charge >= 0.3 is 5.69 Å². The van der Waals surface area contributed by atoms with Crippen LogP contribution in [0.15, 0.2) is 63.2 Å². The highest BCUT2D eigenvalue weighted by Crippen LogP contribution is 2.18. The van der Waals surface area contributed by atoms with Crippen LogP contribution in [0.2, 0.25) is 0 Å². The first-order valence-corrected chi connectivity index (χ1v) is 10.0. The Labute approximate surface area is 184 Å². The van der Waals surface area contributed by atoms with Crippen molar-refractivity contribution < 1.29 is 4.74 Å². The molecule has 164 valence electrons. The molecule has 9 heteroatoms. The molecule has 0 aliphatic heterocycles. The number of aryl methyl sites for hydroxylation is 2. The molecule has 4 rings (SSSR count). The van der Waals surface area contributed by atoms with Gasteiger partial charge in [-0.1, -0.05) is 29.8 Å². The SMILES string of the molecule is COc1ccc(/C=N\Nc2nc3c(c(=O)n(C)c(=O)n3C)n2Cc2cccc(C)c2)cc1. The molecule has 0 saturated heterocycles. The van der Waals surface area contributed by atoms with E-state index in [4.69, 9.17) is 4.74 Å². The zero-order valence-corrected chi connectivity index (χ0v) is 18.4. The molecular weight excluding hydrogens is 408 g/mol. The van der Waals surface area contributed by atoms with Crippen LogP contribution in [0.25, 0.3) is 11.2 Å². The van der Waals surface area contributed by atoms with E-state index in [-0.39, 0.29) is 0 Å². The van der Waals surface area contributed by atoms with E-state index in [1.807, 2.05) is 55.5 Å².